The molecule has 0 spiro atoms. The normalized spacial score (nSPS) is 20.4. The molecule has 0 aromatic heterocycles. The summed E-state index contributed by atoms with van der Waals surface area (Å²) in [6.07, 6.45) is 9.93. The lowest BCUT2D eigenvalue weighted by atomic mass is 9.83. The molecule has 0 atom stereocenters. The maximum Gasteiger partial charge on any atom is 0.0931 e. The Hall–Kier alpha value is -1.03. The lowest BCUT2D eigenvalue weighted by molar-refractivity contribution is 0.609. The average molecular weight is 133 g/mol. The van der Waals surface area contributed by atoms with E-state index >= 15 is 0 Å². The molecule has 0 saturated carbocycles. The van der Waals surface area contributed by atoms with E-state index in [1.165, 1.54) is 0 Å². The fraction of sp³-hybridized carbons (Fsp3) is 0.444. The maximum atomic E-state index is 8.79. The zero-order valence-electron chi connectivity index (χ0n) is 6.17. The number of hydrogen-bond donors (Lipinski definition) is 0. The summed E-state index contributed by atoms with van der Waals surface area (Å²) in [5, 5.41) is 8.79. The van der Waals surface area contributed by atoms with Gasteiger partial charge in [0.1, 0.15) is 0 Å². The Kier molecular flexibility index (Phi) is 1.91. The van der Waals surface area contributed by atoms with Gasteiger partial charge in [-0.05, 0) is 12.8 Å². The zero-order valence-corrected chi connectivity index (χ0v) is 6.17. The van der Waals surface area contributed by atoms with Crippen molar-refractivity contribution >= 4 is 0 Å². The molecule has 52 valence electrons. The predicted octanol–water partition coefficient (Wildman–Crippen LogP) is 2.42. The van der Waals surface area contributed by atoms with Gasteiger partial charge in [0.2, 0.25) is 0 Å². The summed E-state index contributed by atoms with van der Waals surface area (Å²) >= 11 is 0. The standard InChI is InChI=1S/C9H11N/c1-2-9(8-10)6-4-3-5-7-9/h4-7H,2-3H2,1H3. The Bertz CT molecular complexity index is 193. The third-order valence-electron chi connectivity index (χ3n) is 1.90. The van der Waals surface area contributed by atoms with Crippen molar-refractivity contribution < 1.29 is 0 Å². The summed E-state index contributed by atoms with van der Waals surface area (Å²) in [4.78, 5) is 0. The number of nitriles is 1. The predicted molar refractivity (Wildman–Crippen MR) is 41.2 cm³/mol. The average Bonchev–Trinajstić information content (AvgIpc) is 2.06. The number of hydrogen-bond acceptors (Lipinski definition) is 1. The van der Waals surface area contributed by atoms with E-state index in [1.54, 1.807) is 0 Å². The van der Waals surface area contributed by atoms with Crippen LogP contribution in [0.5, 0.6) is 0 Å². The van der Waals surface area contributed by atoms with Gasteiger partial charge < -0.3 is 0 Å². The van der Waals surface area contributed by atoms with Gasteiger partial charge in [-0.15, -0.1) is 0 Å². The summed E-state index contributed by atoms with van der Waals surface area (Å²) in [7, 11) is 0. The molecular formula is C9H11N. The molecule has 1 heteroatoms. The molecule has 0 aromatic carbocycles. The SMILES string of the molecule is CCC1(C#N)C=CCC=C1. The Morgan fingerprint density at radius 2 is 2.10 bits per heavy atom. The van der Waals surface area contributed by atoms with E-state index in [2.05, 4.69) is 6.07 Å². The van der Waals surface area contributed by atoms with Crippen LogP contribution in [-0.4, -0.2) is 0 Å². The highest BCUT2D eigenvalue weighted by atomic mass is 14.3. The maximum absolute atomic E-state index is 8.79. The molecule has 1 aliphatic rings. The summed E-state index contributed by atoms with van der Waals surface area (Å²) < 4.78 is 0. The van der Waals surface area contributed by atoms with Crippen LogP contribution in [0, 0.1) is 16.7 Å². The molecule has 1 nitrogen and oxygen atoms in total. The van der Waals surface area contributed by atoms with Gasteiger partial charge in [-0.25, -0.2) is 0 Å². The topological polar surface area (TPSA) is 23.8 Å². The van der Waals surface area contributed by atoms with Crippen LogP contribution in [0.2, 0.25) is 0 Å². The molecule has 0 radical (unpaired) electrons. The van der Waals surface area contributed by atoms with E-state index < -0.39 is 0 Å². The number of nitrogens with zero attached hydrogens (tertiary/aromatic N) is 1. The highest BCUT2D eigenvalue weighted by molar-refractivity contribution is 5.26. The monoisotopic (exact) mass is 133 g/mol. The molecule has 0 amide bonds. The smallest absolute Gasteiger partial charge is 0.0931 e. The Balaban J connectivity index is 2.84. The fourth-order valence-electron chi connectivity index (χ4n) is 1.08. The van der Waals surface area contributed by atoms with Crippen LogP contribution >= 0.6 is 0 Å². The van der Waals surface area contributed by atoms with Crippen LogP contribution in [0.25, 0.3) is 0 Å². The van der Waals surface area contributed by atoms with Crippen molar-refractivity contribution in [2.45, 2.75) is 19.8 Å². The first-order chi connectivity index (χ1) is 4.83. The number of allylic oxidation sites excluding steroid dienone is 4. The first-order valence-electron chi connectivity index (χ1n) is 3.59. The largest absolute Gasteiger partial charge is 0.197 e. The summed E-state index contributed by atoms with van der Waals surface area (Å²) in [6, 6.07) is 2.29. The van der Waals surface area contributed by atoms with Gasteiger partial charge >= 0.3 is 0 Å². The molecule has 0 N–H and O–H groups in total. The third-order valence-corrected chi connectivity index (χ3v) is 1.90. The van der Waals surface area contributed by atoms with Crippen LogP contribution in [-0.2, 0) is 0 Å². The van der Waals surface area contributed by atoms with Gasteiger partial charge in [0.15, 0.2) is 0 Å². The minimum absolute atomic E-state index is 0.293. The van der Waals surface area contributed by atoms with E-state index in [4.69, 9.17) is 5.26 Å². The van der Waals surface area contributed by atoms with Crippen molar-refractivity contribution in [3.05, 3.63) is 24.3 Å². The van der Waals surface area contributed by atoms with Gasteiger partial charge in [-0.3, -0.25) is 0 Å². The highest BCUT2D eigenvalue weighted by Gasteiger charge is 2.21. The first-order valence-corrected chi connectivity index (χ1v) is 3.59. The second-order valence-corrected chi connectivity index (χ2v) is 2.55. The minimum atomic E-state index is -0.293. The van der Waals surface area contributed by atoms with Gasteiger partial charge in [0, 0.05) is 0 Å². The van der Waals surface area contributed by atoms with Crippen molar-refractivity contribution in [2.75, 3.05) is 0 Å². The molecule has 1 rings (SSSR count). The lowest BCUT2D eigenvalue weighted by Gasteiger charge is -2.17. The first kappa shape index (κ1) is 7.08. The van der Waals surface area contributed by atoms with Crippen LogP contribution in [0.15, 0.2) is 24.3 Å². The molecule has 0 fully saturated rings. The second kappa shape index (κ2) is 2.70. The molecule has 0 aromatic rings. The van der Waals surface area contributed by atoms with Crippen LogP contribution in [0.3, 0.4) is 0 Å². The van der Waals surface area contributed by atoms with Crippen molar-refractivity contribution in [2.24, 2.45) is 5.41 Å². The zero-order chi connectivity index (χ0) is 7.45. The molecule has 0 bridgehead atoms. The van der Waals surface area contributed by atoms with Crippen molar-refractivity contribution in [3.8, 4) is 6.07 Å². The molecule has 0 heterocycles. The summed E-state index contributed by atoms with van der Waals surface area (Å²) in [5.41, 5.74) is -0.293. The lowest BCUT2D eigenvalue weighted by Crippen LogP contribution is -2.11. The van der Waals surface area contributed by atoms with E-state index in [0.29, 0.717) is 0 Å². The molecule has 1 aliphatic carbocycles. The van der Waals surface area contributed by atoms with Crippen molar-refractivity contribution in [1.82, 2.24) is 0 Å². The van der Waals surface area contributed by atoms with E-state index in [1.807, 2.05) is 31.2 Å². The molecular weight excluding hydrogens is 122 g/mol. The highest BCUT2D eigenvalue weighted by Crippen LogP contribution is 2.27. The van der Waals surface area contributed by atoms with Gasteiger partial charge in [0.05, 0.1) is 11.5 Å². The van der Waals surface area contributed by atoms with Crippen molar-refractivity contribution in [1.29, 1.82) is 5.26 Å². The van der Waals surface area contributed by atoms with Crippen LogP contribution in [0.1, 0.15) is 19.8 Å². The molecule has 0 unspecified atom stereocenters. The van der Waals surface area contributed by atoms with Crippen LogP contribution in [0.4, 0.5) is 0 Å². The molecule has 0 saturated heterocycles. The van der Waals surface area contributed by atoms with E-state index in [0.717, 1.165) is 12.8 Å². The van der Waals surface area contributed by atoms with Crippen LogP contribution < -0.4 is 0 Å². The Morgan fingerprint density at radius 1 is 1.50 bits per heavy atom. The summed E-state index contributed by atoms with van der Waals surface area (Å²) in [5.74, 6) is 0. The van der Waals surface area contributed by atoms with Crippen molar-refractivity contribution in [3.63, 3.8) is 0 Å². The second-order valence-electron chi connectivity index (χ2n) is 2.55. The van der Waals surface area contributed by atoms with E-state index in [9.17, 15) is 0 Å². The summed E-state index contributed by atoms with van der Waals surface area (Å²) in [6.45, 7) is 2.03. The third kappa shape index (κ3) is 1.11. The van der Waals surface area contributed by atoms with E-state index in [-0.39, 0.29) is 5.41 Å². The quantitative estimate of drug-likeness (QED) is 0.504. The number of rotatable bonds is 1. The molecule has 0 aliphatic heterocycles. The van der Waals surface area contributed by atoms with Gasteiger partial charge in [-0.1, -0.05) is 31.2 Å². The fourth-order valence-corrected chi connectivity index (χ4v) is 1.08. The molecule has 10 heavy (non-hydrogen) atoms. The Morgan fingerprint density at radius 3 is 2.40 bits per heavy atom. The minimum Gasteiger partial charge on any atom is -0.197 e. The Labute approximate surface area is 61.7 Å². The van der Waals surface area contributed by atoms with Gasteiger partial charge in [-0.2, -0.15) is 5.26 Å². The van der Waals surface area contributed by atoms with Gasteiger partial charge in [0.25, 0.3) is 0 Å².